The molecule has 1 saturated heterocycles. The summed E-state index contributed by atoms with van der Waals surface area (Å²) in [7, 11) is -3.86. The van der Waals surface area contributed by atoms with Crippen LogP contribution in [0.4, 0.5) is 0 Å². The zero-order valence-corrected chi connectivity index (χ0v) is 12.5. The van der Waals surface area contributed by atoms with Crippen LogP contribution in [0.2, 0.25) is 0 Å². The molecule has 0 aliphatic carbocycles. The third-order valence-corrected chi connectivity index (χ3v) is 4.19. The smallest absolute Gasteiger partial charge is 0.266 e. The first-order chi connectivity index (χ1) is 8.90. The van der Waals surface area contributed by atoms with E-state index < -0.39 is 10.1 Å². The van der Waals surface area contributed by atoms with Gasteiger partial charge in [0.25, 0.3) is 10.1 Å². The van der Waals surface area contributed by atoms with Crippen molar-refractivity contribution in [2.24, 2.45) is 0 Å². The molecule has 0 amide bonds. The third kappa shape index (κ3) is 7.84. The van der Waals surface area contributed by atoms with Crippen LogP contribution in [0.3, 0.4) is 0 Å². The molecule has 0 spiro atoms. The van der Waals surface area contributed by atoms with E-state index in [9.17, 15) is 13.5 Å². The number of aliphatic hydroxyl groups is 1. The fourth-order valence-electron chi connectivity index (χ4n) is 2.27. The SMILES string of the molecule is CCCCC(O)CN1CCN(CCS(=O)(=O)O)CC1. The van der Waals surface area contributed by atoms with Gasteiger partial charge in [0.15, 0.2) is 0 Å². The zero-order chi connectivity index (χ0) is 14.3. The van der Waals surface area contributed by atoms with Crippen LogP contribution < -0.4 is 0 Å². The van der Waals surface area contributed by atoms with Crippen molar-refractivity contribution in [2.45, 2.75) is 32.3 Å². The largest absolute Gasteiger partial charge is 0.392 e. The molecule has 6 nitrogen and oxygen atoms in total. The Hall–Kier alpha value is -0.210. The number of β-amino-alcohol motifs (C(OH)–C–C–N with tert-alkyl or cyclic N) is 1. The molecule has 0 aromatic rings. The fraction of sp³-hybridized carbons (Fsp3) is 1.00. The maximum Gasteiger partial charge on any atom is 0.266 e. The fourth-order valence-corrected chi connectivity index (χ4v) is 2.76. The monoisotopic (exact) mass is 294 g/mol. The van der Waals surface area contributed by atoms with E-state index in [1.165, 1.54) is 0 Å². The molecule has 2 N–H and O–H groups in total. The lowest BCUT2D eigenvalue weighted by Crippen LogP contribution is -2.49. The Balaban J connectivity index is 2.18. The van der Waals surface area contributed by atoms with Gasteiger partial charge in [-0.05, 0) is 6.42 Å². The molecular formula is C12H26N2O4S. The highest BCUT2D eigenvalue weighted by Gasteiger charge is 2.19. The van der Waals surface area contributed by atoms with Gasteiger partial charge in [-0.25, -0.2) is 0 Å². The minimum atomic E-state index is -3.86. The van der Waals surface area contributed by atoms with Crippen LogP contribution in [0.25, 0.3) is 0 Å². The predicted molar refractivity (Wildman–Crippen MR) is 74.8 cm³/mol. The molecule has 1 unspecified atom stereocenters. The summed E-state index contributed by atoms with van der Waals surface area (Å²) < 4.78 is 30.0. The van der Waals surface area contributed by atoms with Gasteiger partial charge in [0.1, 0.15) is 0 Å². The van der Waals surface area contributed by atoms with Crippen molar-refractivity contribution in [1.29, 1.82) is 0 Å². The Bertz CT molecular complexity index is 340. The van der Waals surface area contributed by atoms with E-state index in [1.807, 2.05) is 4.90 Å². The summed E-state index contributed by atoms with van der Waals surface area (Å²) in [5, 5.41) is 9.84. The van der Waals surface area contributed by atoms with Crippen molar-refractivity contribution in [3.8, 4) is 0 Å². The second-order valence-corrected chi connectivity index (χ2v) is 6.80. The first-order valence-electron chi connectivity index (χ1n) is 6.98. The topological polar surface area (TPSA) is 81.1 Å². The molecule has 1 heterocycles. The number of aliphatic hydroxyl groups excluding tert-OH is 1. The number of hydrogen-bond acceptors (Lipinski definition) is 5. The molecule has 1 atom stereocenters. The maximum atomic E-state index is 10.7. The molecule has 19 heavy (non-hydrogen) atoms. The van der Waals surface area contributed by atoms with Crippen LogP contribution in [0.1, 0.15) is 26.2 Å². The summed E-state index contributed by atoms with van der Waals surface area (Å²) >= 11 is 0. The highest BCUT2D eigenvalue weighted by Crippen LogP contribution is 2.06. The van der Waals surface area contributed by atoms with Crippen LogP contribution in [-0.4, -0.2) is 79.0 Å². The summed E-state index contributed by atoms with van der Waals surface area (Å²) in [4.78, 5) is 4.24. The van der Waals surface area contributed by atoms with Crippen LogP contribution in [0.5, 0.6) is 0 Å². The molecule has 0 saturated carbocycles. The molecule has 0 bridgehead atoms. The van der Waals surface area contributed by atoms with Gasteiger partial charge in [-0.1, -0.05) is 19.8 Å². The minimum absolute atomic E-state index is 0.202. The Morgan fingerprint density at radius 3 is 2.26 bits per heavy atom. The molecule has 114 valence electrons. The van der Waals surface area contributed by atoms with Crippen LogP contribution in [0, 0.1) is 0 Å². The summed E-state index contributed by atoms with van der Waals surface area (Å²) in [6, 6.07) is 0. The predicted octanol–water partition coefficient (Wildman–Crippen LogP) is 0.0429. The zero-order valence-electron chi connectivity index (χ0n) is 11.7. The minimum Gasteiger partial charge on any atom is -0.392 e. The maximum absolute atomic E-state index is 10.7. The lowest BCUT2D eigenvalue weighted by atomic mass is 10.1. The highest BCUT2D eigenvalue weighted by molar-refractivity contribution is 7.85. The second-order valence-electron chi connectivity index (χ2n) is 5.22. The van der Waals surface area contributed by atoms with E-state index in [-0.39, 0.29) is 11.9 Å². The molecule has 1 aliphatic rings. The van der Waals surface area contributed by atoms with Crippen molar-refractivity contribution in [3.05, 3.63) is 0 Å². The number of rotatable bonds is 8. The first-order valence-corrected chi connectivity index (χ1v) is 8.59. The number of nitrogens with zero attached hydrogens (tertiary/aromatic N) is 2. The van der Waals surface area contributed by atoms with E-state index in [0.29, 0.717) is 13.1 Å². The van der Waals surface area contributed by atoms with Gasteiger partial charge in [-0.3, -0.25) is 14.4 Å². The summed E-state index contributed by atoms with van der Waals surface area (Å²) in [6.45, 7) is 6.45. The number of unbranched alkanes of at least 4 members (excludes halogenated alkanes) is 1. The van der Waals surface area contributed by atoms with E-state index in [2.05, 4.69) is 11.8 Å². The van der Waals surface area contributed by atoms with E-state index in [1.54, 1.807) is 0 Å². The average Bonchev–Trinajstić information content (AvgIpc) is 2.34. The highest BCUT2D eigenvalue weighted by atomic mass is 32.2. The Morgan fingerprint density at radius 2 is 1.74 bits per heavy atom. The van der Waals surface area contributed by atoms with E-state index in [4.69, 9.17) is 4.55 Å². The van der Waals surface area contributed by atoms with Crippen molar-refractivity contribution in [2.75, 3.05) is 45.0 Å². The lowest BCUT2D eigenvalue weighted by molar-refractivity contribution is 0.0694. The molecule has 0 aromatic heterocycles. The van der Waals surface area contributed by atoms with Crippen molar-refractivity contribution < 1.29 is 18.1 Å². The normalized spacial score (nSPS) is 20.6. The van der Waals surface area contributed by atoms with Gasteiger partial charge >= 0.3 is 0 Å². The van der Waals surface area contributed by atoms with Gasteiger partial charge in [0, 0.05) is 39.3 Å². The summed E-state index contributed by atoms with van der Waals surface area (Å²) in [5.41, 5.74) is 0. The van der Waals surface area contributed by atoms with Gasteiger partial charge in [-0.2, -0.15) is 8.42 Å². The number of piperazine rings is 1. The molecular weight excluding hydrogens is 268 g/mol. The summed E-state index contributed by atoms with van der Waals surface area (Å²) in [6.07, 6.45) is 2.74. The second kappa shape index (κ2) is 8.16. The molecule has 1 fully saturated rings. The average molecular weight is 294 g/mol. The molecule has 7 heteroatoms. The Morgan fingerprint density at radius 1 is 1.16 bits per heavy atom. The van der Waals surface area contributed by atoms with E-state index in [0.717, 1.165) is 45.4 Å². The Labute approximate surface area is 116 Å². The number of hydrogen-bond donors (Lipinski definition) is 2. The lowest BCUT2D eigenvalue weighted by Gasteiger charge is -2.35. The third-order valence-electron chi connectivity index (χ3n) is 3.49. The quantitative estimate of drug-likeness (QED) is 0.615. The molecule has 0 aromatic carbocycles. The van der Waals surface area contributed by atoms with E-state index >= 15 is 0 Å². The van der Waals surface area contributed by atoms with Crippen molar-refractivity contribution in [3.63, 3.8) is 0 Å². The molecule has 1 rings (SSSR count). The standard InChI is InChI=1S/C12H26N2O4S/c1-2-3-4-12(15)11-14-7-5-13(6-8-14)9-10-19(16,17)18/h12,15H,2-11H2,1H3,(H,16,17,18). The van der Waals surface area contributed by atoms with Gasteiger partial charge in [0.05, 0.1) is 11.9 Å². The van der Waals surface area contributed by atoms with Crippen LogP contribution in [0.15, 0.2) is 0 Å². The van der Waals surface area contributed by atoms with Crippen molar-refractivity contribution in [1.82, 2.24) is 9.80 Å². The van der Waals surface area contributed by atoms with Gasteiger partial charge in [0.2, 0.25) is 0 Å². The first kappa shape index (κ1) is 16.8. The Kier molecular flexibility index (Phi) is 7.23. The summed E-state index contributed by atoms with van der Waals surface area (Å²) in [5.74, 6) is -0.202. The van der Waals surface area contributed by atoms with Gasteiger partial charge in [-0.15, -0.1) is 0 Å². The van der Waals surface area contributed by atoms with Crippen LogP contribution in [-0.2, 0) is 10.1 Å². The molecule has 0 radical (unpaired) electrons. The van der Waals surface area contributed by atoms with Gasteiger partial charge < -0.3 is 5.11 Å². The van der Waals surface area contributed by atoms with Crippen LogP contribution >= 0.6 is 0 Å². The molecule has 1 aliphatic heterocycles. The van der Waals surface area contributed by atoms with Crippen molar-refractivity contribution >= 4 is 10.1 Å².